The van der Waals surface area contributed by atoms with Gasteiger partial charge in [0.2, 0.25) is 0 Å². The second-order valence-corrected chi connectivity index (χ2v) is 3.55. The van der Waals surface area contributed by atoms with E-state index in [2.05, 4.69) is 29.2 Å². The molecule has 1 heterocycles. The van der Waals surface area contributed by atoms with Crippen LogP contribution in [0.15, 0.2) is 17.1 Å². The number of hydrogen-bond acceptors (Lipinski definition) is 4. The highest BCUT2D eigenvalue weighted by molar-refractivity contribution is 5.42. The molecule has 1 aromatic heterocycles. The van der Waals surface area contributed by atoms with Crippen molar-refractivity contribution in [2.75, 3.05) is 31.6 Å². The first-order valence-electron chi connectivity index (χ1n) is 5.69. The molecule has 0 fully saturated rings. The van der Waals surface area contributed by atoms with Crippen molar-refractivity contribution in [1.82, 2.24) is 15.1 Å². The topological polar surface area (TPSA) is 50.2 Å². The molecule has 0 amide bonds. The molecular weight excluding hydrogens is 204 g/mol. The van der Waals surface area contributed by atoms with E-state index in [0.29, 0.717) is 6.54 Å². The minimum atomic E-state index is -0.0420. The number of rotatable bonds is 6. The Labute approximate surface area is 96.1 Å². The molecule has 0 aliphatic rings. The maximum Gasteiger partial charge on any atom is 0.268 e. The molecule has 1 aromatic rings. The third-order valence-electron chi connectivity index (χ3n) is 2.56. The first kappa shape index (κ1) is 12.7. The lowest BCUT2D eigenvalue weighted by Crippen LogP contribution is -2.30. The van der Waals surface area contributed by atoms with Gasteiger partial charge in [-0.05, 0) is 20.9 Å². The standard InChI is InChI=1S/C11H20N4O/c1-4-14(5-2)10-8-11(16)15(13-9-10)7-6-12-3/h8-9,12H,4-7H2,1-3H3. The Hall–Kier alpha value is -1.36. The maximum absolute atomic E-state index is 11.7. The van der Waals surface area contributed by atoms with Crippen molar-refractivity contribution < 1.29 is 0 Å². The summed E-state index contributed by atoms with van der Waals surface area (Å²) in [4.78, 5) is 13.8. The van der Waals surface area contributed by atoms with Crippen molar-refractivity contribution >= 4 is 5.69 Å². The number of anilines is 1. The maximum atomic E-state index is 11.7. The molecule has 0 aromatic carbocycles. The van der Waals surface area contributed by atoms with Crippen molar-refractivity contribution in [3.8, 4) is 0 Å². The van der Waals surface area contributed by atoms with Gasteiger partial charge in [-0.15, -0.1) is 0 Å². The average Bonchev–Trinajstić information content (AvgIpc) is 2.29. The van der Waals surface area contributed by atoms with Crippen LogP contribution in [0.4, 0.5) is 5.69 Å². The molecule has 5 heteroatoms. The number of hydrogen-bond donors (Lipinski definition) is 1. The molecule has 16 heavy (non-hydrogen) atoms. The van der Waals surface area contributed by atoms with E-state index in [1.54, 1.807) is 12.3 Å². The Morgan fingerprint density at radius 2 is 2.12 bits per heavy atom. The fourth-order valence-electron chi connectivity index (χ4n) is 1.57. The lowest BCUT2D eigenvalue weighted by atomic mass is 10.4. The highest BCUT2D eigenvalue weighted by Gasteiger charge is 2.04. The minimum absolute atomic E-state index is 0.0420. The van der Waals surface area contributed by atoms with Gasteiger partial charge in [-0.2, -0.15) is 5.10 Å². The molecule has 5 nitrogen and oxygen atoms in total. The lowest BCUT2D eigenvalue weighted by molar-refractivity contribution is 0.554. The van der Waals surface area contributed by atoms with E-state index in [1.165, 1.54) is 4.68 Å². The molecule has 1 N–H and O–H groups in total. The Kier molecular flexibility index (Phi) is 4.98. The first-order chi connectivity index (χ1) is 7.72. The van der Waals surface area contributed by atoms with Gasteiger partial charge in [0.05, 0.1) is 18.4 Å². The normalized spacial score (nSPS) is 10.4. The van der Waals surface area contributed by atoms with Crippen LogP contribution in [0.1, 0.15) is 13.8 Å². The second kappa shape index (κ2) is 6.27. The number of nitrogens with one attached hydrogen (secondary N) is 1. The van der Waals surface area contributed by atoms with E-state index < -0.39 is 0 Å². The molecule has 0 radical (unpaired) electrons. The summed E-state index contributed by atoms with van der Waals surface area (Å²) < 4.78 is 1.48. The summed E-state index contributed by atoms with van der Waals surface area (Å²) in [5.41, 5.74) is 0.857. The molecule has 0 saturated heterocycles. The van der Waals surface area contributed by atoms with Gasteiger partial charge in [-0.25, -0.2) is 4.68 Å². The summed E-state index contributed by atoms with van der Waals surface area (Å²) in [5, 5.41) is 7.15. The van der Waals surface area contributed by atoms with Crippen molar-refractivity contribution in [3.05, 3.63) is 22.6 Å². The average molecular weight is 224 g/mol. The molecule has 0 unspecified atom stereocenters. The number of likely N-dealkylation sites (N-methyl/N-ethyl adjacent to an activating group) is 1. The third kappa shape index (κ3) is 3.06. The molecule has 0 aliphatic carbocycles. The molecule has 0 bridgehead atoms. The van der Waals surface area contributed by atoms with E-state index >= 15 is 0 Å². The van der Waals surface area contributed by atoms with Crippen LogP contribution in [0.2, 0.25) is 0 Å². The van der Waals surface area contributed by atoms with Gasteiger partial charge in [0.25, 0.3) is 5.56 Å². The number of aromatic nitrogens is 2. The quantitative estimate of drug-likeness (QED) is 0.755. The Bertz CT molecular complexity index is 370. The minimum Gasteiger partial charge on any atom is -0.371 e. The van der Waals surface area contributed by atoms with Gasteiger partial charge in [-0.3, -0.25) is 4.79 Å². The molecular formula is C11H20N4O. The van der Waals surface area contributed by atoms with Crippen LogP contribution in [0.5, 0.6) is 0 Å². The van der Waals surface area contributed by atoms with Crippen LogP contribution < -0.4 is 15.8 Å². The zero-order valence-corrected chi connectivity index (χ0v) is 10.2. The van der Waals surface area contributed by atoms with Gasteiger partial charge in [0.15, 0.2) is 0 Å². The highest BCUT2D eigenvalue weighted by Crippen LogP contribution is 2.07. The monoisotopic (exact) mass is 224 g/mol. The van der Waals surface area contributed by atoms with Crippen molar-refractivity contribution in [2.45, 2.75) is 20.4 Å². The predicted molar refractivity (Wildman–Crippen MR) is 66.0 cm³/mol. The zero-order valence-electron chi connectivity index (χ0n) is 10.2. The summed E-state index contributed by atoms with van der Waals surface area (Å²) in [6, 6.07) is 1.65. The van der Waals surface area contributed by atoms with Crippen LogP contribution in [0, 0.1) is 0 Å². The van der Waals surface area contributed by atoms with E-state index in [4.69, 9.17) is 0 Å². The Morgan fingerprint density at radius 3 is 2.62 bits per heavy atom. The number of nitrogens with zero attached hydrogens (tertiary/aromatic N) is 3. The fourth-order valence-corrected chi connectivity index (χ4v) is 1.57. The van der Waals surface area contributed by atoms with Crippen LogP contribution in [0.3, 0.4) is 0 Å². The van der Waals surface area contributed by atoms with Crippen LogP contribution >= 0.6 is 0 Å². The lowest BCUT2D eigenvalue weighted by Gasteiger charge is -2.20. The van der Waals surface area contributed by atoms with Crippen LogP contribution in [-0.4, -0.2) is 36.5 Å². The summed E-state index contributed by atoms with van der Waals surface area (Å²) >= 11 is 0. The van der Waals surface area contributed by atoms with Crippen LogP contribution in [-0.2, 0) is 6.54 Å². The van der Waals surface area contributed by atoms with Crippen LogP contribution in [0.25, 0.3) is 0 Å². The molecule has 90 valence electrons. The smallest absolute Gasteiger partial charge is 0.268 e. The van der Waals surface area contributed by atoms with Gasteiger partial charge in [0, 0.05) is 25.7 Å². The van der Waals surface area contributed by atoms with E-state index in [1.807, 2.05) is 7.05 Å². The van der Waals surface area contributed by atoms with Crippen molar-refractivity contribution in [1.29, 1.82) is 0 Å². The summed E-state index contributed by atoms with van der Waals surface area (Å²) in [7, 11) is 1.86. The van der Waals surface area contributed by atoms with Gasteiger partial charge < -0.3 is 10.2 Å². The van der Waals surface area contributed by atoms with Gasteiger partial charge in [-0.1, -0.05) is 0 Å². The Morgan fingerprint density at radius 1 is 1.44 bits per heavy atom. The molecule has 0 atom stereocenters. The first-order valence-corrected chi connectivity index (χ1v) is 5.69. The van der Waals surface area contributed by atoms with E-state index in [-0.39, 0.29) is 5.56 Å². The zero-order chi connectivity index (χ0) is 12.0. The van der Waals surface area contributed by atoms with Gasteiger partial charge >= 0.3 is 0 Å². The fraction of sp³-hybridized carbons (Fsp3) is 0.636. The van der Waals surface area contributed by atoms with Crippen molar-refractivity contribution in [2.24, 2.45) is 0 Å². The third-order valence-corrected chi connectivity index (χ3v) is 2.56. The highest BCUT2D eigenvalue weighted by atomic mass is 16.1. The van der Waals surface area contributed by atoms with E-state index in [9.17, 15) is 4.79 Å². The van der Waals surface area contributed by atoms with E-state index in [0.717, 1.165) is 25.3 Å². The van der Waals surface area contributed by atoms with Gasteiger partial charge in [0.1, 0.15) is 0 Å². The second-order valence-electron chi connectivity index (χ2n) is 3.55. The molecule has 0 saturated carbocycles. The Balaban J connectivity index is 2.86. The summed E-state index contributed by atoms with van der Waals surface area (Å²) in [6.45, 7) is 7.26. The summed E-state index contributed by atoms with van der Waals surface area (Å²) in [5.74, 6) is 0. The molecule has 0 spiro atoms. The SMILES string of the molecule is CCN(CC)c1cnn(CCNC)c(=O)c1. The molecule has 1 rings (SSSR count). The summed E-state index contributed by atoms with van der Waals surface area (Å²) in [6.07, 6.45) is 1.75. The van der Waals surface area contributed by atoms with Crippen molar-refractivity contribution in [3.63, 3.8) is 0 Å². The largest absolute Gasteiger partial charge is 0.371 e. The molecule has 0 aliphatic heterocycles. The predicted octanol–water partition coefficient (Wildman–Crippen LogP) is 0.309.